The minimum absolute atomic E-state index is 0.265. The smallest absolute Gasteiger partial charge is 0.323 e. The van der Waals surface area contributed by atoms with Crippen LogP contribution in [0.15, 0.2) is 0 Å². The van der Waals surface area contributed by atoms with Crippen LogP contribution in [0.5, 0.6) is 0 Å². The van der Waals surface area contributed by atoms with Gasteiger partial charge in [-0.3, -0.25) is 4.79 Å². The van der Waals surface area contributed by atoms with Gasteiger partial charge in [0.15, 0.2) is 6.29 Å². The molecule has 8 N–H and O–H groups in total. The first-order chi connectivity index (χ1) is 11.3. The van der Waals surface area contributed by atoms with E-state index in [2.05, 4.69) is 0 Å². The Kier molecular flexibility index (Phi) is 6.93. The van der Waals surface area contributed by atoms with Crippen LogP contribution >= 0.6 is 0 Å². The second kappa shape index (κ2) is 8.52. The van der Waals surface area contributed by atoms with Crippen LogP contribution in [0.3, 0.4) is 0 Å². The van der Waals surface area contributed by atoms with Gasteiger partial charge < -0.3 is 41.4 Å². The molecule has 1 aliphatic heterocycles. The summed E-state index contributed by atoms with van der Waals surface area (Å²) in [6.45, 7) is -0.335. The number of hydrogen-bond acceptors (Lipinski definition) is 9. The maximum Gasteiger partial charge on any atom is 0.323 e. The molecule has 1 heterocycles. The topological polar surface area (TPSA) is 168 Å². The first-order valence-electron chi connectivity index (χ1n) is 8.35. The fraction of sp³-hybridized carbons (Fsp3) is 0.933. The third kappa shape index (κ3) is 4.85. The molecule has 0 aromatic rings. The molecule has 1 saturated heterocycles. The van der Waals surface area contributed by atoms with Gasteiger partial charge in [0, 0.05) is 0 Å². The minimum atomic E-state index is -1.45. The largest absolute Gasteiger partial charge is 0.462 e. The van der Waals surface area contributed by atoms with Crippen molar-refractivity contribution in [2.24, 2.45) is 17.4 Å². The molecule has 2 aliphatic rings. The van der Waals surface area contributed by atoms with Crippen LogP contribution in [-0.4, -0.2) is 75.8 Å². The van der Waals surface area contributed by atoms with Gasteiger partial charge in [0.2, 0.25) is 0 Å². The van der Waals surface area contributed by atoms with Crippen molar-refractivity contribution in [1.82, 2.24) is 0 Å². The van der Waals surface area contributed by atoms with E-state index in [1.54, 1.807) is 0 Å². The molecule has 6 atom stereocenters. The molecule has 9 nitrogen and oxygen atoms in total. The van der Waals surface area contributed by atoms with Gasteiger partial charge in [-0.1, -0.05) is 0 Å². The van der Waals surface area contributed by atoms with E-state index in [9.17, 15) is 25.2 Å². The molecule has 0 bridgehead atoms. The maximum absolute atomic E-state index is 12.0. The predicted octanol–water partition coefficient (Wildman–Crippen LogP) is -2.44. The first-order valence-corrected chi connectivity index (χ1v) is 8.35. The summed E-state index contributed by atoms with van der Waals surface area (Å²) in [5.74, 6) is -0.357. The van der Waals surface area contributed by atoms with Gasteiger partial charge in [0.05, 0.1) is 12.1 Å². The molecule has 1 aliphatic carbocycles. The summed E-state index contributed by atoms with van der Waals surface area (Å²) in [6.07, 6.45) is -1.99. The molecule has 24 heavy (non-hydrogen) atoms. The van der Waals surface area contributed by atoms with Crippen LogP contribution in [-0.2, 0) is 14.3 Å². The SMILES string of the molecule is NC1C(O)OC(COC(=O)[C@@H](N)CC2CCC(O)CC2)C(O)C1O. The number of hydrogen-bond donors (Lipinski definition) is 6. The normalized spacial score (nSPS) is 41.7. The Labute approximate surface area is 140 Å². The number of aliphatic hydroxyl groups excluding tert-OH is 4. The van der Waals surface area contributed by atoms with Gasteiger partial charge in [-0.15, -0.1) is 0 Å². The fourth-order valence-electron chi connectivity index (χ4n) is 3.21. The average Bonchev–Trinajstić information content (AvgIpc) is 2.56. The van der Waals surface area contributed by atoms with Crippen molar-refractivity contribution < 1.29 is 34.7 Å². The molecule has 9 heteroatoms. The van der Waals surface area contributed by atoms with Gasteiger partial charge in [0.25, 0.3) is 0 Å². The standard InChI is InChI=1S/C15H28N2O7/c16-9(5-7-1-3-8(18)4-2-7)14(21)23-6-10-12(19)13(20)11(17)15(22)24-10/h7-13,15,18-20,22H,1-6,16-17H2/t7?,8?,9-,10?,11?,12?,13?,15?/m0/s1. The summed E-state index contributed by atoms with van der Waals surface area (Å²) in [6, 6.07) is -1.93. The maximum atomic E-state index is 12.0. The number of carbonyl (C=O) groups is 1. The second-order valence-corrected chi connectivity index (χ2v) is 6.77. The summed E-state index contributed by atoms with van der Waals surface area (Å²) >= 11 is 0. The molecule has 0 spiro atoms. The number of aliphatic hydroxyl groups is 4. The summed E-state index contributed by atoms with van der Waals surface area (Å²) in [5, 5.41) is 38.6. The van der Waals surface area contributed by atoms with E-state index in [0.29, 0.717) is 19.3 Å². The van der Waals surface area contributed by atoms with Crippen molar-refractivity contribution in [2.45, 2.75) is 74.9 Å². The van der Waals surface area contributed by atoms with Crippen molar-refractivity contribution in [3.63, 3.8) is 0 Å². The quantitative estimate of drug-likeness (QED) is 0.296. The highest BCUT2D eigenvalue weighted by atomic mass is 16.6. The number of nitrogens with two attached hydrogens (primary N) is 2. The van der Waals surface area contributed by atoms with E-state index in [1.807, 2.05) is 0 Å². The van der Waals surface area contributed by atoms with Crippen molar-refractivity contribution in [1.29, 1.82) is 0 Å². The molecule has 1 saturated carbocycles. The monoisotopic (exact) mass is 348 g/mol. The predicted molar refractivity (Wildman–Crippen MR) is 82.4 cm³/mol. The second-order valence-electron chi connectivity index (χ2n) is 6.77. The number of carbonyl (C=O) groups excluding carboxylic acids is 1. The van der Waals surface area contributed by atoms with Crippen LogP contribution in [0.4, 0.5) is 0 Å². The Balaban J connectivity index is 1.75. The Hall–Kier alpha value is -0.810. The minimum Gasteiger partial charge on any atom is -0.462 e. The Bertz CT molecular complexity index is 417. The molecular weight excluding hydrogens is 320 g/mol. The summed E-state index contributed by atoms with van der Waals surface area (Å²) < 4.78 is 10.1. The lowest BCUT2D eigenvalue weighted by molar-refractivity contribution is -0.251. The van der Waals surface area contributed by atoms with E-state index in [-0.39, 0.29) is 18.6 Å². The highest BCUT2D eigenvalue weighted by molar-refractivity contribution is 5.75. The van der Waals surface area contributed by atoms with Crippen molar-refractivity contribution in [2.75, 3.05) is 6.61 Å². The van der Waals surface area contributed by atoms with Gasteiger partial charge in [-0.05, 0) is 38.0 Å². The van der Waals surface area contributed by atoms with Gasteiger partial charge >= 0.3 is 5.97 Å². The van der Waals surface area contributed by atoms with E-state index >= 15 is 0 Å². The highest BCUT2D eigenvalue weighted by Gasteiger charge is 2.42. The van der Waals surface area contributed by atoms with Gasteiger partial charge in [-0.25, -0.2) is 0 Å². The summed E-state index contributed by atoms with van der Waals surface area (Å²) in [5.41, 5.74) is 11.3. The molecule has 2 rings (SSSR count). The van der Waals surface area contributed by atoms with E-state index in [4.69, 9.17) is 20.9 Å². The molecule has 2 fully saturated rings. The molecule has 5 unspecified atom stereocenters. The first kappa shape index (κ1) is 19.5. The third-order valence-electron chi connectivity index (χ3n) is 4.86. The van der Waals surface area contributed by atoms with E-state index in [1.165, 1.54) is 0 Å². The number of ether oxygens (including phenoxy) is 2. The van der Waals surface area contributed by atoms with Crippen molar-refractivity contribution in [3.8, 4) is 0 Å². The summed E-state index contributed by atoms with van der Waals surface area (Å²) in [7, 11) is 0. The fourth-order valence-corrected chi connectivity index (χ4v) is 3.21. The van der Waals surface area contributed by atoms with Crippen LogP contribution in [0.1, 0.15) is 32.1 Å². The van der Waals surface area contributed by atoms with Gasteiger partial charge in [-0.2, -0.15) is 0 Å². The Morgan fingerprint density at radius 1 is 1.12 bits per heavy atom. The lowest BCUT2D eigenvalue weighted by atomic mass is 9.83. The van der Waals surface area contributed by atoms with Crippen LogP contribution in [0.2, 0.25) is 0 Å². The van der Waals surface area contributed by atoms with Crippen molar-refractivity contribution >= 4 is 5.97 Å². The van der Waals surface area contributed by atoms with Gasteiger partial charge in [0.1, 0.15) is 31.0 Å². The lowest BCUT2D eigenvalue weighted by Crippen LogP contribution is -2.62. The third-order valence-corrected chi connectivity index (χ3v) is 4.86. The zero-order valence-electron chi connectivity index (χ0n) is 13.5. The zero-order valence-corrected chi connectivity index (χ0v) is 13.5. The van der Waals surface area contributed by atoms with Crippen LogP contribution in [0.25, 0.3) is 0 Å². The zero-order chi connectivity index (χ0) is 17.9. The molecule has 0 radical (unpaired) electrons. The molecule has 0 aromatic carbocycles. The Morgan fingerprint density at radius 2 is 1.75 bits per heavy atom. The number of esters is 1. The molecule has 140 valence electrons. The average molecular weight is 348 g/mol. The van der Waals surface area contributed by atoms with Crippen LogP contribution in [0, 0.1) is 5.92 Å². The van der Waals surface area contributed by atoms with E-state index in [0.717, 1.165) is 12.8 Å². The highest BCUT2D eigenvalue weighted by Crippen LogP contribution is 2.27. The molecule has 0 aromatic heterocycles. The molecular formula is C15H28N2O7. The summed E-state index contributed by atoms with van der Waals surface area (Å²) in [4.78, 5) is 12.0. The number of rotatable bonds is 5. The van der Waals surface area contributed by atoms with Crippen LogP contribution < -0.4 is 11.5 Å². The Morgan fingerprint density at radius 3 is 2.38 bits per heavy atom. The molecule has 0 amide bonds. The van der Waals surface area contributed by atoms with E-state index < -0.39 is 42.7 Å². The lowest BCUT2D eigenvalue weighted by Gasteiger charge is -2.38. The van der Waals surface area contributed by atoms with Crippen molar-refractivity contribution in [3.05, 3.63) is 0 Å².